The number of furan rings is 2. The first kappa shape index (κ1) is 29.2. The first-order valence-electron chi connectivity index (χ1n) is 17.9. The van der Waals surface area contributed by atoms with Gasteiger partial charge in [0, 0.05) is 43.9 Å². The molecule has 0 N–H and O–H groups in total. The zero-order chi connectivity index (χ0) is 34.6. The highest BCUT2D eigenvalue weighted by Gasteiger charge is 2.39. The highest BCUT2D eigenvalue weighted by molar-refractivity contribution is 6.11. The van der Waals surface area contributed by atoms with E-state index in [-0.39, 0.29) is 5.41 Å². The molecule has 0 radical (unpaired) electrons. The highest BCUT2D eigenvalue weighted by atomic mass is 16.3. The molecule has 0 fully saturated rings. The maximum absolute atomic E-state index is 6.65. The highest BCUT2D eigenvalue weighted by Crippen LogP contribution is 2.54. The van der Waals surface area contributed by atoms with E-state index < -0.39 is 0 Å². The predicted octanol–water partition coefficient (Wildman–Crippen LogP) is 14.1. The van der Waals surface area contributed by atoms with E-state index in [9.17, 15) is 0 Å². The molecule has 52 heavy (non-hydrogen) atoms. The van der Waals surface area contributed by atoms with Crippen molar-refractivity contribution in [1.29, 1.82) is 0 Å². The minimum absolute atomic E-state index is 0.287. The lowest BCUT2D eigenvalue weighted by Crippen LogP contribution is -2.17. The van der Waals surface area contributed by atoms with Crippen LogP contribution < -0.4 is 4.90 Å². The third-order valence-corrected chi connectivity index (χ3v) is 11.2. The smallest absolute Gasteiger partial charge is 0.159 e. The minimum Gasteiger partial charge on any atom is -0.456 e. The molecule has 8 aromatic carbocycles. The van der Waals surface area contributed by atoms with Gasteiger partial charge in [0.15, 0.2) is 5.58 Å². The van der Waals surface area contributed by atoms with Crippen LogP contribution in [0.4, 0.5) is 17.1 Å². The Morgan fingerprint density at radius 3 is 1.85 bits per heavy atom. The number of hydrogen-bond donors (Lipinski definition) is 0. The molecule has 0 saturated carbocycles. The van der Waals surface area contributed by atoms with Crippen molar-refractivity contribution in [1.82, 2.24) is 0 Å². The number of nitrogens with zero attached hydrogens (tertiary/aromatic N) is 1. The molecule has 11 rings (SSSR count). The summed E-state index contributed by atoms with van der Waals surface area (Å²) in [6.07, 6.45) is 0. The standard InChI is InChI=1S/C49H33NO2/c1-49(2)42-29-35(24-25-36(42)39-26-27-41-38-13-6-8-17-45(38)52-48(41)46(39)49)50(43-15-9-14-40-37-12-5-7-16-44(37)51-47(40)43)34-22-20-31(21-23-34)33-19-18-30-10-3-4-11-32(30)28-33/h3-29H,1-2H3. The van der Waals surface area contributed by atoms with Gasteiger partial charge in [0.25, 0.3) is 0 Å². The van der Waals surface area contributed by atoms with E-state index >= 15 is 0 Å². The van der Waals surface area contributed by atoms with Crippen molar-refractivity contribution in [2.24, 2.45) is 0 Å². The van der Waals surface area contributed by atoms with Crippen LogP contribution in [0.5, 0.6) is 0 Å². The van der Waals surface area contributed by atoms with Gasteiger partial charge in [0.1, 0.15) is 16.7 Å². The largest absolute Gasteiger partial charge is 0.456 e. The van der Waals surface area contributed by atoms with Gasteiger partial charge in [0.05, 0.1) is 5.69 Å². The fraction of sp³-hybridized carbons (Fsp3) is 0.0612. The van der Waals surface area contributed by atoms with E-state index in [4.69, 9.17) is 8.83 Å². The predicted molar refractivity (Wildman–Crippen MR) is 216 cm³/mol. The molecule has 246 valence electrons. The number of anilines is 3. The Hall–Kier alpha value is -6.58. The van der Waals surface area contributed by atoms with Crippen molar-refractivity contribution in [3.8, 4) is 22.3 Å². The summed E-state index contributed by atoms with van der Waals surface area (Å²) in [4.78, 5) is 2.35. The monoisotopic (exact) mass is 667 g/mol. The molecule has 2 heterocycles. The number of fused-ring (bicyclic) bond motifs is 11. The summed E-state index contributed by atoms with van der Waals surface area (Å²) in [6.45, 7) is 4.66. The van der Waals surface area contributed by atoms with Crippen molar-refractivity contribution in [2.45, 2.75) is 19.3 Å². The maximum Gasteiger partial charge on any atom is 0.159 e. The molecule has 10 aromatic rings. The van der Waals surface area contributed by atoms with Gasteiger partial charge in [-0.15, -0.1) is 0 Å². The lowest BCUT2D eigenvalue weighted by atomic mass is 9.81. The van der Waals surface area contributed by atoms with Crippen molar-refractivity contribution in [3.63, 3.8) is 0 Å². The van der Waals surface area contributed by atoms with E-state index in [2.05, 4.69) is 170 Å². The molecule has 3 nitrogen and oxygen atoms in total. The summed E-state index contributed by atoms with van der Waals surface area (Å²) in [5, 5.41) is 7.03. The van der Waals surface area contributed by atoms with Gasteiger partial charge in [-0.3, -0.25) is 0 Å². The Labute approximate surface area is 301 Å². The number of hydrogen-bond acceptors (Lipinski definition) is 3. The molecule has 3 heteroatoms. The fourth-order valence-corrected chi connectivity index (χ4v) is 8.70. The Kier molecular flexibility index (Phi) is 6.01. The average Bonchev–Trinajstić information content (AvgIpc) is 3.83. The van der Waals surface area contributed by atoms with Crippen LogP contribution in [0.15, 0.2) is 173 Å². The Balaban J connectivity index is 1.09. The van der Waals surface area contributed by atoms with E-state index in [0.717, 1.165) is 55.6 Å². The van der Waals surface area contributed by atoms with Crippen molar-refractivity contribution >= 4 is 71.7 Å². The zero-order valence-corrected chi connectivity index (χ0v) is 28.9. The number of para-hydroxylation sites is 3. The molecule has 0 aliphatic heterocycles. The van der Waals surface area contributed by atoms with E-state index in [1.54, 1.807) is 0 Å². The summed E-state index contributed by atoms with van der Waals surface area (Å²) in [6, 6.07) is 58.7. The summed E-state index contributed by atoms with van der Waals surface area (Å²) < 4.78 is 13.3. The van der Waals surface area contributed by atoms with Crippen LogP contribution in [0.2, 0.25) is 0 Å². The Morgan fingerprint density at radius 2 is 1.06 bits per heavy atom. The van der Waals surface area contributed by atoms with Crippen LogP contribution >= 0.6 is 0 Å². The Bertz CT molecular complexity index is 3050. The fourth-order valence-electron chi connectivity index (χ4n) is 8.70. The minimum atomic E-state index is -0.287. The topological polar surface area (TPSA) is 29.5 Å². The lowest BCUT2D eigenvalue weighted by Gasteiger charge is -2.28. The van der Waals surface area contributed by atoms with Gasteiger partial charge < -0.3 is 13.7 Å². The Morgan fingerprint density at radius 1 is 0.442 bits per heavy atom. The second-order valence-electron chi connectivity index (χ2n) is 14.5. The molecule has 1 aliphatic carbocycles. The van der Waals surface area contributed by atoms with Crippen molar-refractivity contribution in [3.05, 3.63) is 175 Å². The molecule has 0 unspecified atom stereocenters. The van der Waals surface area contributed by atoms with Crippen molar-refractivity contribution in [2.75, 3.05) is 4.90 Å². The summed E-state index contributed by atoms with van der Waals surface area (Å²) in [5.74, 6) is 0. The molecule has 1 aliphatic rings. The SMILES string of the molecule is CC1(C)c2cc(N(c3ccc(-c4ccc5ccccc5c4)cc3)c3cccc4c3oc3ccccc34)ccc2-c2ccc3c(oc4ccccc43)c21. The van der Waals surface area contributed by atoms with E-state index in [0.29, 0.717) is 0 Å². The quantitative estimate of drug-likeness (QED) is 0.187. The molecule has 2 aromatic heterocycles. The van der Waals surface area contributed by atoms with Gasteiger partial charge in [-0.25, -0.2) is 0 Å². The second kappa shape index (κ2) is 10.7. The maximum atomic E-state index is 6.65. The molecular weight excluding hydrogens is 635 g/mol. The van der Waals surface area contributed by atoms with Crippen LogP contribution in [0, 0.1) is 0 Å². The van der Waals surface area contributed by atoms with Crippen LogP contribution in [-0.2, 0) is 5.41 Å². The van der Waals surface area contributed by atoms with Crippen LogP contribution in [0.25, 0.3) is 76.9 Å². The van der Waals surface area contributed by atoms with Crippen LogP contribution in [-0.4, -0.2) is 0 Å². The first-order chi connectivity index (χ1) is 25.5. The van der Waals surface area contributed by atoms with Gasteiger partial charge in [-0.05, 0) is 93.2 Å². The van der Waals surface area contributed by atoms with E-state index in [1.165, 1.54) is 49.5 Å². The van der Waals surface area contributed by atoms with E-state index in [1.807, 2.05) is 12.1 Å². The molecular formula is C49H33NO2. The normalized spacial score (nSPS) is 13.3. The second-order valence-corrected chi connectivity index (χ2v) is 14.5. The van der Waals surface area contributed by atoms with Gasteiger partial charge in [0.2, 0.25) is 0 Å². The molecule has 0 bridgehead atoms. The van der Waals surface area contributed by atoms with Gasteiger partial charge >= 0.3 is 0 Å². The molecule has 0 saturated heterocycles. The number of rotatable bonds is 4. The van der Waals surface area contributed by atoms with Gasteiger partial charge in [-0.2, -0.15) is 0 Å². The van der Waals surface area contributed by atoms with Crippen molar-refractivity contribution < 1.29 is 8.83 Å². The summed E-state index contributed by atoms with van der Waals surface area (Å²) in [7, 11) is 0. The lowest BCUT2D eigenvalue weighted by molar-refractivity contribution is 0.620. The zero-order valence-electron chi connectivity index (χ0n) is 28.9. The first-order valence-corrected chi connectivity index (χ1v) is 17.9. The average molecular weight is 668 g/mol. The van der Waals surface area contributed by atoms with Crippen LogP contribution in [0.3, 0.4) is 0 Å². The third-order valence-electron chi connectivity index (χ3n) is 11.2. The third kappa shape index (κ3) is 4.14. The van der Waals surface area contributed by atoms with Crippen LogP contribution in [0.1, 0.15) is 25.0 Å². The molecule has 0 amide bonds. The summed E-state index contributed by atoms with van der Waals surface area (Å²) in [5.41, 5.74) is 13.9. The summed E-state index contributed by atoms with van der Waals surface area (Å²) >= 11 is 0. The molecule has 0 atom stereocenters. The van der Waals surface area contributed by atoms with Gasteiger partial charge in [-0.1, -0.05) is 123 Å². The number of benzene rings is 8. The molecule has 0 spiro atoms.